The van der Waals surface area contributed by atoms with Gasteiger partial charge in [0, 0.05) is 24.4 Å². The van der Waals surface area contributed by atoms with Crippen LogP contribution >= 0.6 is 0 Å². The van der Waals surface area contributed by atoms with E-state index in [2.05, 4.69) is 18.9 Å². The molecule has 3 aromatic rings. The summed E-state index contributed by atoms with van der Waals surface area (Å²) >= 11 is 0. The smallest absolute Gasteiger partial charge is 0.196 e. The van der Waals surface area contributed by atoms with Crippen molar-refractivity contribution in [2.75, 3.05) is 13.7 Å². The molecule has 0 unspecified atom stereocenters. The summed E-state index contributed by atoms with van der Waals surface area (Å²) in [6.07, 6.45) is 7.45. The van der Waals surface area contributed by atoms with Crippen molar-refractivity contribution in [3.05, 3.63) is 76.6 Å². The quantitative estimate of drug-likeness (QED) is 0.239. The molecule has 5 heteroatoms. The molecule has 0 saturated carbocycles. The van der Waals surface area contributed by atoms with Crippen LogP contribution in [-0.4, -0.2) is 29.3 Å². The van der Waals surface area contributed by atoms with Gasteiger partial charge in [0.2, 0.25) is 0 Å². The Hall–Kier alpha value is -3.08. The van der Waals surface area contributed by atoms with Crippen LogP contribution in [0.4, 0.5) is 0 Å². The van der Waals surface area contributed by atoms with Gasteiger partial charge in [0.05, 0.1) is 25.0 Å². The lowest BCUT2D eigenvalue weighted by Gasteiger charge is -2.13. The van der Waals surface area contributed by atoms with E-state index in [0.29, 0.717) is 29.2 Å². The molecule has 2 aromatic carbocycles. The summed E-state index contributed by atoms with van der Waals surface area (Å²) < 4.78 is 13.4. The summed E-state index contributed by atoms with van der Waals surface area (Å²) in [4.78, 5) is 13.0. The maximum Gasteiger partial charge on any atom is 0.196 e. The van der Waals surface area contributed by atoms with E-state index in [1.54, 1.807) is 25.3 Å². The first-order valence-corrected chi connectivity index (χ1v) is 12.0. The number of ether oxygens (including phenoxy) is 2. The zero-order valence-corrected chi connectivity index (χ0v) is 20.4. The molecule has 5 nitrogen and oxygen atoms in total. The molecule has 0 aliphatic rings. The average Bonchev–Trinajstić information content (AvgIpc) is 3.17. The third kappa shape index (κ3) is 6.25. The number of carbonyl (C=O) groups is 1. The van der Waals surface area contributed by atoms with E-state index in [0.717, 1.165) is 44.9 Å². The second kappa shape index (κ2) is 12.2. The van der Waals surface area contributed by atoms with Gasteiger partial charge in [-0.25, -0.2) is 0 Å². The molecule has 0 bridgehead atoms. The van der Waals surface area contributed by atoms with Gasteiger partial charge in [-0.05, 0) is 49.8 Å². The minimum absolute atomic E-state index is 0.0387. The molecule has 0 aliphatic heterocycles. The zero-order chi connectivity index (χ0) is 23.6. The third-order valence-electron chi connectivity index (χ3n) is 6.08. The number of ketones is 1. The molecule has 0 N–H and O–H groups in total. The predicted octanol–water partition coefficient (Wildman–Crippen LogP) is 5.97. The Morgan fingerprint density at radius 1 is 0.970 bits per heavy atom. The highest BCUT2D eigenvalue weighted by molar-refractivity contribution is 6.10. The lowest BCUT2D eigenvalue weighted by molar-refractivity contribution is 0.103. The summed E-state index contributed by atoms with van der Waals surface area (Å²) in [5.41, 5.74) is 5.27. The van der Waals surface area contributed by atoms with Crippen LogP contribution in [0, 0.1) is 0 Å². The molecule has 0 atom stereocenters. The minimum Gasteiger partial charge on any atom is -0.497 e. The molecular weight excluding hydrogens is 412 g/mol. The average molecular weight is 449 g/mol. The number of benzene rings is 2. The van der Waals surface area contributed by atoms with Gasteiger partial charge in [-0.15, -0.1) is 0 Å². The number of hydrogen-bond donors (Lipinski definition) is 0. The molecule has 0 radical (unpaired) electrons. The first kappa shape index (κ1) is 24.6. The van der Waals surface area contributed by atoms with Crippen molar-refractivity contribution in [1.29, 1.82) is 0 Å². The summed E-state index contributed by atoms with van der Waals surface area (Å²) in [6.45, 7) is 4.96. The van der Waals surface area contributed by atoms with Crippen molar-refractivity contribution >= 4 is 5.78 Å². The second-order valence-electron chi connectivity index (χ2n) is 8.27. The highest BCUT2D eigenvalue weighted by Crippen LogP contribution is 2.27. The largest absolute Gasteiger partial charge is 0.497 e. The Balaban J connectivity index is 1.51. The lowest BCUT2D eigenvalue weighted by atomic mass is 10.0. The summed E-state index contributed by atoms with van der Waals surface area (Å²) in [6, 6.07) is 14.7. The standard InChI is InChI=1S/C28H36N2O3/c1-5-25-23(26(6-2)30(3)29-25)16-12-7-8-13-19-33-27-20-22(32-4)17-18-24(27)28(31)21-14-10-9-11-15-21/h9-11,14-15,17-18,20H,5-8,12-13,16,19H2,1-4H3. The van der Waals surface area contributed by atoms with Gasteiger partial charge in [0.1, 0.15) is 11.5 Å². The third-order valence-corrected chi connectivity index (χ3v) is 6.08. The van der Waals surface area contributed by atoms with E-state index >= 15 is 0 Å². The van der Waals surface area contributed by atoms with Gasteiger partial charge >= 0.3 is 0 Å². The molecular formula is C28H36N2O3. The number of aromatic nitrogens is 2. The van der Waals surface area contributed by atoms with Crippen molar-refractivity contribution in [1.82, 2.24) is 9.78 Å². The normalized spacial score (nSPS) is 10.9. The van der Waals surface area contributed by atoms with Crippen LogP contribution in [0.5, 0.6) is 11.5 Å². The second-order valence-corrected chi connectivity index (χ2v) is 8.27. The number of methoxy groups -OCH3 is 1. The van der Waals surface area contributed by atoms with Crippen LogP contribution in [0.1, 0.15) is 72.4 Å². The van der Waals surface area contributed by atoms with Crippen molar-refractivity contribution < 1.29 is 14.3 Å². The van der Waals surface area contributed by atoms with E-state index in [4.69, 9.17) is 9.47 Å². The summed E-state index contributed by atoms with van der Waals surface area (Å²) in [5, 5.41) is 4.68. The number of hydrogen-bond acceptors (Lipinski definition) is 4. The Morgan fingerprint density at radius 2 is 1.73 bits per heavy atom. The van der Waals surface area contributed by atoms with Crippen molar-refractivity contribution in [3.8, 4) is 11.5 Å². The van der Waals surface area contributed by atoms with Crippen molar-refractivity contribution in [3.63, 3.8) is 0 Å². The predicted molar refractivity (Wildman–Crippen MR) is 132 cm³/mol. The van der Waals surface area contributed by atoms with Crippen molar-refractivity contribution in [2.45, 2.75) is 58.8 Å². The van der Waals surface area contributed by atoms with Crippen LogP contribution in [0.25, 0.3) is 0 Å². The van der Waals surface area contributed by atoms with Crippen LogP contribution in [0.2, 0.25) is 0 Å². The van der Waals surface area contributed by atoms with E-state index in [9.17, 15) is 4.79 Å². The van der Waals surface area contributed by atoms with E-state index in [-0.39, 0.29) is 5.78 Å². The molecule has 0 aliphatic carbocycles. The molecule has 3 rings (SSSR count). The van der Waals surface area contributed by atoms with Crippen LogP contribution in [0.3, 0.4) is 0 Å². The SMILES string of the molecule is CCc1nn(C)c(CC)c1CCCCCCOc1cc(OC)ccc1C(=O)c1ccccc1. The molecule has 1 heterocycles. The Morgan fingerprint density at radius 3 is 2.42 bits per heavy atom. The van der Waals surface area contributed by atoms with Gasteiger partial charge < -0.3 is 9.47 Å². The van der Waals surface area contributed by atoms with Crippen LogP contribution in [-0.2, 0) is 26.3 Å². The van der Waals surface area contributed by atoms with E-state index in [1.165, 1.54) is 17.0 Å². The van der Waals surface area contributed by atoms with Crippen LogP contribution < -0.4 is 9.47 Å². The van der Waals surface area contributed by atoms with E-state index in [1.807, 2.05) is 42.1 Å². The van der Waals surface area contributed by atoms with Gasteiger partial charge in [-0.2, -0.15) is 5.10 Å². The van der Waals surface area contributed by atoms with Gasteiger partial charge in [0.25, 0.3) is 0 Å². The molecule has 0 fully saturated rings. The fraction of sp³-hybridized carbons (Fsp3) is 0.429. The highest BCUT2D eigenvalue weighted by atomic mass is 16.5. The first-order chi connectivity index (χ1) is 16.1. The summed E-state index contributed by atoms with van der Waals surface area (Å²) in [5.74, 6) is 1.23. The molecule has 176 valence electrons. The molecule has 0 amide bonds. The van der Waals surface area contributed by atoms with E-state index < -0.39 is 0 Å². The zero-order valence-electron chi connectivity index (χ0n) is 20.4. The highest BCUT2D eigenvalue weighted by Gasteiger charge is 2.16. The molecule has 33 heavy (non-hydrogen) atoms. The number of rotatable bonds is 13. The maximum absolute atomic E-state index is 13.0. The van der Waals surface area contributed by atoms with Crippen LogP contribution in [0.15, 0.2) is 48.5 Å². The Labute approximate surface area is 197 Å². The Bertz CT molecular complexity index is 1040. The molecule has 0 saturated heterocycles. The fourth-order valence-electron chi connectivity index (χ4n) is 4.30. The fourth-order valence-corrected chi connectivity index (χ4v) is 4.30. The molecule has 1 aromatic heterocycles. The molecule has 0 spiro atoms. The lowest BCUT2D eigenvalue weighted by Crippen LogP contribution is -2.07. The topological polar surface area (TPSA) is 53.4 Å². The number of unbranched alkanes of at least 4 members (excludes halogenated alkanes) is 3. The van der Waals surface area contributed by atoms with Gasteiger partial charge in [0.15, 0.2) is 5.78 Å². The maximum atomic E-state index is 13.0. The van der Waals surface area contributed by atoms with Gasteiger partial charge in [-0.1, -0.05) is 57.0 Å². The summed E-state index contributed by atoms with van der Waals surface area (Å²) in [7, 11) is 3.67. The Kier molecular flexibility index (Phi) is 9.11. The minimum atomic E-state index is -0.0387. The number of aryl methyl sites for hydroxylation is 2. The monoisotopic (exact) mass is 448 g/mol. The number of nitrogens with zero attached hydrogens (tertiary/aromatic N) is 2. The van der Waals surface area contributed by atoms with Crippen molar-refractivity contribution in [2.24, 2.45) is 7.05 Å². The first-order valence-electron chi connectivity index (χ1n) is 12.0. The number of carbonyl (C=O) groups excluding carboxylic acids is 1. The van der Waals surface area contributed by atoms with Gasteiger partial charge in [-0.3, -0.25) is 9.48 Å².